The number of nitrogens with one attached hydrogen (secondary N) is 2. The van der Waals surface area contributed by atoms with E-state index in [-0.39, 0.29) is 18.2 Å². The largest absolute Gasteiger partial charge is 0.480 e. The monoisotopic (exact) mass is 368 g/mol. The molecule has 0 unspecified atom stereocenters. The molecule has 27 heavy (non-hydrogen) atoms. The number of aliphatic carboxylic acids is 1. The van der Waals surface area contributed by atoms with Crippen LogP contribution in [0.3, 0.4) is 0 Å². The summed E-state index contributed by atoms with van der Waals surface area (Å²) in [7, 11) is 0. The van der Waals surface area contributed by atoms with E-state index < -0.39 is 24.0 Å². The highest BCUT2D eigenvalue weighted by Crippen LogP contribution is 2.08. The van der Waals surface area contributed by atoms with E-state index in [2.05, 4.69) is 10.6 Å². The van der Waals surface area contributed by atoms with Gasteiger partial charge in [-0.3, -0.25) is 9.59 Å². The van der Waals surface area contributed by atoms with Gasteiger partial charge in [0.2, 0.25) is 5.91 Å². The highest BCUT2D eigenvalue weighted by molar-refractivity contribution is 5.98. The number of benzene rings is 2. The van der Waals surface area contributed by atoms with Crippen molar-refractivity contribution < 1.29 is 19.5 Å². The van der Waals surface area contributed by atoms with E-state index in [9.17, 15) is 19.5 Å². The smallest absolute Gasteiger partial charge is 0.326 e. The molecule has 2 rings (SSSR count). The average Bonchev–Trinajstić information content (AvgIpc) is 2.66. The Labute approximate surface area is 158 Å². The van der Waals surface area contributed by atoms with E-state index >= 15 is 0 Å². The van der Waals surface area contributed by atoms with Crippen LogP contribution in [0.1, 0.15) is 29.8 Å². The number of carbonyl (C=O) groups is 3. The van der Waals surface area contributed by atoms with Crippen molar-refractivity contribution in [3.05, 3.63) is 71.8 Å². The Kier molecular flexibility index (Phi) is 7.11. The molecule has 0 spiro atoms. The summed E-state index contributed by atoms with van der Waals surface area (Å²) in [6.45, 7) is 3.43. The maximum Gasteiger partial charge on any atom is 0.326 e. The van der Waals surface area contributed by atoms with Gasteiger partial charge in [0.25, 0.3) is 5.91 Å². The van der Waals surface area contributed by atoms with Crippen LogP contribution in [0.2, 0.25) is 0 Å². The number of hydrogen-bond acceptors (Lipinski definition) is 3. The minimum atomic E-state index is -1.11. The quantitative estimate of drug-likeness (QED) is 0.666. The van der Waals surface area contributed by atoms with E-state index in [1.165, 1.54) is 0 Å². The molecule has 2 aromatic rings. The third-order valence-corrected chi connectivity index (χ3v) is 4.17. The molecule has 2 amide bonds. The Balaban J connectivity index is 2.19. The second-order valence-electron chi connectivity index (χ2n) is 6.65. The summed E-state index contributed by atoms with van der Waals surface area (Å²) in [4.78, 5) is 36.6. The third-order valence-electron chi connectivity index (χ3n) is 4.17. The number of carboxylic acid groups (broad SMARTS) is 1. The van der Waals surface area contributed by atoms with Gasteiger partial charge in [0.1, 0.15) is 12.1 Å². The molecule has 0 bridgehead atoms. The van der Waals surface area contributed by atoms with Gasteiger partial charge in [-0.15, -0.1) is 0 Å². The molecule has 0 aromatic heterocycles. The number of rotatable bonds is 8. The summed E-state index contributed by atoms with van der Waals surface area (Å²) < 4.78 is 0. The van der Waals surface area contributed by atoms with Gasteiger partial charge in [0.15, 0.2) is 0 Å². The zero-order valence-electron chi connectivity index (χ0n) is 15.4. The third kappa shape index (κ3) is 5.95. The summed E-state index contributed by atoms with van der Waals surface area (Å²) in [5.74, 6) is -2.30. The van der Waals surface area contributed by atoms with Crippen LogP contribution in [0.15, 0.2) is 60.7 Å². The van der Waals surface area contributed by atoms with E-state index in [1.54, 1.807) is 44.2 Å². The van der Waals surface area contributed by atoms with E-state index in [1.807, 2.05) is 30.3 Å². The first-order chi connectivity index (χ1) is 12.9. The molecule has 142 valence electrons. The van der Waals surface area contributed by atoms with Crippen LogP contribution in [0.5, 0.6) is 0 Å². The lowest BCUT2D eigenvalue weighted by molar-refractivity contribution is -0.143. The fraction of sp³-hybridized carbons (Fsp3) is 0.286. The average molecular weight is 368 g/mol. The van der Waals surface area contributed by atoms with Crippen molar-refractivity contribution in [1.29, 1.82) is 0 Å². The molecule has 2 aromatic carbocycles. The fourth-order valence-corrected chi connectivity index (χ4v) is 2.66. The molecule has 0 fully saturated rings. The Morgan fingerprint density at radius 1 is 0.889 bits per heavy atom. The van der Waals surface area contributed by atoms with Gasteiger partial charge in [0, 0.05) is 12.0 Å². The van der Waals surface area contributed by atoms with Crippen molar-refractivity contribution in [2.24, 2.45) is 5.92 Å². The number of carboxylic acids is 1. The first-order valence-electron chi connectivity index (χ1n) is 8.81. The summed E-state index contributed by atoms with van der Waals surface area (Å²) in [5, 5.41) is 14.6. The zero-order chi connectivity index (χ0) is 19.8. The van der Waals surface area contributed by atoms with Crippen LogP contribution in [0.4, 0.5) is 0 Å². The van der Waals surface area contributed by atoms with Crippen molar-refractivity contribution in [3.63, 3.8) is 0 Å². The number of carbonyl (C=O) groups excluding carboxylic acids is 2. The normalized spacial score (nSPS) is 12.9. The van der Waals surface area contributed by atoms with Gasteiger partial charge in [-0.2, -0.15) is 0 Å². The lowest BCUT2D eigenvalue weighted by Gasteiger charge is -2.23. The SMILES string of the molecule is CC(C)[C@@H](NC(=O)[C@@H](Cc1ccccc1)NC(=O)c1ccccc1)C(=O)O. The minimum Gasteiger partial charge on any atom is -0.480 e. The van der Waals surface area contributed by atoms with Crippen LogP contribution in [-0.2, 0) is 16.0 Å². The van der Waals surface area contributed by atoms with Gasteiger partial charge in [-0.25, -0.2) is 4.79 Å². The van der Waals surface area contributed by atoms with Crippen molar-refractivity contribution >= 4 is 17.8 Å². The van der Waals surface area contributed by atoms with E-state index in [0.717, 1.165) is 5.56 Å². The molecule has 0 aliphatic heterocycles. The molecule has 0 radical (unpaired) electrons. The molecule has 0 heterocycles. The standard InChI is InChI=1S/C21H24N2O4/c1-14(2)18(21(26)27)23-20(25)17(13-15-9-5-3-6-10-15)22-19(24)16-11-7-4-8-12-16/h3-12,14,17-18H,13H2,1-2H3,(H,22,24)(H,23,25)(H,26,27)/t17-,18-/m1/s1. The van der Waals surface area contributed by atoms with Crippen molar-refractivity contribution in [3.8, 4) is 0 Å². The molecule has 0 saturated carbocycles. The molecular formula is C21H24N2O4. The molecule has 6 nitrogen and oxygen atoms in total. The first-order valence-corrected chi connectivity index (χ1v) is 8.81. The second kappa shape index (κ2) is 9.52. The van der Waals surface area contributed by atoms with Gasteiger partial charge in [0.05, 0.1) is 0 Å². The maximum atomic E-state index is 12.7. The molecule has 0 aliphatic rings. The van der Waals surface area contributed by atoms with Crippen molar-refractivity contribution in [2.75, 3.05) is 0 Å². The predicted octanol–water partition coefficient (Wildman–Crippen LogP) is 2.25. The first kappa shape index (κ1) is 20.2. The predicted molar refractivity (Wildman–Crippen MR) is 102 cm³/mol. The van der Waals surface area contributed by atoms with Crippen LogP contribution in [0.25, 0.3) is 0 Å². The molecule has 6 heteroatoms. The highest BCUT2D eigenvalue weighted by Gasteiger charge is 2.28. The molecular weight excluding hydrogens is 344 g/mol. The molecule has 0 saturated heterocycles. The summed E-state index contributed by atoms with van der Waals surface area (Å²) in [6.07, 6.45) is 0.260. The van der Waals surface area contributed by atoms with Crippen molar-refractivity contribution in [2.45, 2.75) is 32.4 Å². The topological polar surface area (TPSA) is 95.5 Å². The lowest BCUT2D eigenvalue weighted by atomic mass is 10.0. The van der Waals surface area contributed by atoms with Crippen LogP contribution in [0, 0.1) is 5.92 Å². The Morgan fingerprint density at radius 2 is 1.44 bits per heavy atom. The maximum absolute atomic E-state index is 12.7. The van der Waals surface area contributed by atoms with Crippen LogP contribution in [-0.4, -0.2) is 35.0 Å². The Bertz CT molecular complexity index is 775. The van der Waals surface area contributed by atoms with Crippen molar-refractivity contribution in [1.82, 2.24) is 10.6 Å². The zero-order valence-corrected chi connectivity index (χ0v) is 15.4. The highest BCUT2D eigenvalue weighted by atomic mass is 16.4. The summed E-state index contributed by atoms with van der Waals surface area (Å²) in [6, 6.07) is 15.9. The Hall–Kier alpha value is -3.15. The van der Waals surface area contributed by atoms with Gasteiger partial charge in [-0.1, -0.05) is 62.4 Å². The molecule has 0 aliphatic carbocycles. The van der Waals surface area contributed by atoms with Crippen LogP contribution >= 0.6 is 0 Å². The lowest BCUT2D eigenvalue weighted by Crippen LogP contribution is -2.53. The van der Waals surface area contributed by atoms with Gasteiger partial charge in [-0.05, 0) is 23.6 Å². The second-order valence-corrected chi connectivity index (χ2v) is 6.65. The fourth-order valence-electron chi connectivity index (χ4n) is 2.66. The van der Waals surface area contributed by atoms with E-state index in [4.69, 9.17) is 0 Å². The molecule has 3 N–H and O–H groups in total. The summed E-state index contributed by atoms with van der Waals surface area (Å²) >= 11 is 0. The number of amides is 2. The Morgan fingerprint density at radius 3 is 1.96 bits per heavy atom. The number of hydrogen-bond donors (Lipinski definition) is 3. The summed E-state index contributed by atoms with van der Waals surface area (Å²) in [5.41, 5.74) is 1.30. The van der Waals surface area contributed by atoms with Gasteiger partial charge < -0.3 is 15.7 Å². The van der Waals surface area contributed by atoms with Gasteiger partial charge >= 0.3 is 5.97 Å². The molecule has 2 atom stereocenters. The minimum absolute atomic E-state index is 0.260. The van der Waals surface area contributed by atoms with Crippen LogP contribution < -0.4 is 10.6 Å². The van der Waals surface area contributed by atoms with E-state index in [0.29, 0.717) is 5.56 Å².